The molecule has 0 aliphatic rings. The summed E-state index contributed by atoms with van der Waals surface area (Å²) in [5, 5.41) is 8.80. The van der Waals surface area contributed by atoms with Gasteiger partial charge in [0.15, 0.2) is 0 Å². The second kappa shape index (κ2) is 7.78. The Bertz CT molecular complexity index is 660. The summed E-state index contributed by atoms with van der Waals surface area (Å²) in [5.74, 6) is -1.53. The van der Waals surface area contributed by atoms with Gasteiger partial charge < -0.3 is 9.84 Å². The van der Waals surface area contributed by atoms with Crippen LogP contribution >= 0.6 is 0 Å². The average Bonchev–Trinajstić information content (AvgIpc) is 2.55. The Morgan fingerprint density at radius 1 is 0.955 bits per heavy atom. The second-order valence-electron chi connectivity index (χ2n) is 4.64. The monoisotopic (exact) mass is 296 g/mol. The largest absolute Gasteiger partial charge is 0.481 e. The molecule has 0 heterocycles. The fraction of sp³-hybridized carbons (Fsp3) is 0.111. The smallest absolute Gasteiger partial charge is 0.338 e. The molecule has 1 N–H and O–H groups in total. The number of aliphatic carboxylic acids is 1. The highest BCUT2D eigenvalue weighted by atomic mass is 16.5. The molecule has 0 saturated heterocycles. The molecule has 22 heavy (non-hydrogen) atoms. The van der Waals surface area contributed by atoms with E-state index in [9.17, 15) is 9.59 Å². The van der Waals surface area contributed by atoms with Gasteiger partial charge in [0, 0.05) is 0 Å². The van der Waals surface area contributed by atoms with Crippen LogP contribution in [0.1, 0.15) is 17.5 Å². The minimum Gasteiger partial charge on any atom is -0.481 e. The van der Waals surface area contributed by atoms with Crippen molar-refractivity contribution < 1.29 is 19.4 Å². The van der Waals surface area contributed by atoms with Crippen molar-refractivity contribution in [2.75, 3.05) is 0 Å². The highest BCUT2D eigenvalue weighted by Crippen LogP contribution is 2.17. The summed E-state index contributed by atoms with van der Waals surface area (Å²) in [7, 11) is 0. The van der Waals surface area contributed by atoms with Crippen molar-refractivity contribution >= 4 is 17.5 Å². The minimum atomic E-state index is -0.996. The lowest BCUT2D eigenvalue weighted by atomic mass is 10.0. The molecule has 112 valence electrons. The number of carbonyl (C=O) groups excluding carboxylic acids is 1. The predicted octanol–water partition coefficient (Wildman–Crippen LogP) is 3.29. The van der Waals surface area contributed by atoms with Crippen molar-refractivity contribution in [3.05, 3.63) is 77.9 Å². The van der Waals surface area contributed by atoms with Gasteiger partial charge in [0.2, 0.25) is 0 Å². The van der Waals surface area contributed by atoms with Crippen molar-refractivity contribution in [3.8, 4) is 0 Å². The van der Waals surface area contributed by atoms with E-state index in [1.807, 2.05) is 36.4 Å². The number of esters is 1. The fourth-order valence-electron chi connectivity index (χ4n) is 1.93. The Balaban J connectivity index is 2.12. The van der Waals surface area contributed by atoms with Crippen LogP contribution in [0.15, 0.2) is 66.7 Å². The van der Waals surface area contributed by atoms with Gasteiger partial charge in [-0.1, -0.05) is 66.7 Å². The first-order valence-corrected chi connectivity index (χ1v) is 6.85. The normalized spacial score (nSPS) is 11.0. The molecule has 0 bridgehead atoms. The number of carboxylic acids is 1. The van der Waals surface area contributed by atoms with Gasteiger partial charge in [-0.2, -0.15) is 0 Å². The second-order valence-corrected chi connectivity index (χ2v) is 4.64. The van der Waals surface area contributed by atoms with Crippen LogP contribution in [0.5, 0.6) is 0 Å². The molecule has 0 radical (unpaired) electrons. The maximum absolute atomic E-state index is 12.2. The van der Waals surface area contributed by atoms with E-state index in [4.69, 9.17) is 9.84 Å². The van der Waals surface area contributed by atoms with Gasteiger partial charge in [-0.3, -0.25) is 4.79 Å². The van der Waals surface area contributed by atoms with Crippen molar-refractivity contribution in [2.24, 2.45) is 0 Å². The van der Waals surface area contributed by atoms with Gasteiger partial charge in [-0.15, -0.1) is 0 Å². The van der Waals surface area contributed by atoms with E-state index < -0.39 is 11.9 Å². The third-order valence-electron chi connectivity index (χ3n) is 3.00. The number of ether oxygens (including phenoxy) is 1. The summed E-state index contributed by atoms with van der Waals surface area (Å²) >= 11 is 0. The van der Waals surface area contributed by atoms with Gasteiger partial charge >= 0.3 is 11.9 Å². The zero-order valence-electron chi connectivity index (χ0n) is 11.9. The molecule has 2 aromatic carbocycles. The van der Waals surface area contributed by atoms with Crippen molar-refractivity contribution in [2.45, 2.75) is 13.0 Å². The maximum atomic E-state index is 12.2. The lowest BCUT2D eigenvalue weighted by Crippen LogP contribution is -2.08. The Hall–Kier alpha value is -2.88. The van der Waals surface area contributed by atoms with Crippen LogP contribution in [0.4, 0.5) is 0 Å². The highest BCUT2D eigenvalue weighted by Gasteiger charge is 2.14. The van der Waals surface area contributed by atoms with Gasteiger partial charge in [0.1, 0.15) is 6.61 Å². The van der Waals surface area contributed by atoms with Crippen LogP contribution in [0.2, 0.25) is 0 Å². The zero-order valence-corrected chi connectivity index (χ0v) is 11.9. The fourth-order valence-corrected chi connectivity index (χ4v) is 1.93. The standard InChI is InChI=1S/C18H16O4/c19-17(20)12-11-16(15-9-5-2-6-10-15)18(21)22-13-14-7-3-1-4-8-14/h1-11H,12-13H2,(H,19,20). The molecule has 0 spiro atoms. The van der Waals surface area contributed by atoms with E-state index in [0.717, 1.165) is 5.56 Å². The lowest BCUT2D eigenvalue weighted by Gasteiger charge is -2.09. The quantitative estimate of drug-likeness (QED) is 0.656. The van der Waals surface area contributed by atoms with E-state index in [1.165, 1.54) is 6.08 Å². The van der Waals surface area contributed by atoms with E-state index in [1.54, 1.807) is 24.3 Å². The predicted molar refractivity (Wildman–Crippen MR) is 82.9 cm³/mol. The van der Waals surface area contributed by atoms with E-state index in [0.29, 0.717) is 5.56 Å². The number of hydrogen-bond acceptors (Lipinski definition) is 3. The molecule has 2 aromatic rings. The Morgan fingerprint density at radius 2 is 1.55 bits per heavy atom. The van der Waals surface area contributed by atoms with Crippen LogP contribution in [0.3, 0.4) is 0 Å². The summed E-state index contributed by atoms with van der Waals surface area (Å²) < 4.78 is 5.28. The molecule has 0 saturated carbocycles. The van der Waals surface area contributed by atoms with Gasteiger partial charge in [0.25, 0.3) is 0 Å². The minimum absolute atomic E-state index is 0.150. The number of carbonyl (C=O) groups is 2. The SMILES string of the molecule is O=C(O)CC=C(C(=O)OCc1ccccc1)c1ccccc1. The Morgan fingerprint density at radius 3 is 2.14 bits per heavy atom. The van der Waals surface area contributed by atoms with Gasteiger partial charge in [0.05, 0.1) is 12.0 Å². The lowest BCUT2D eigenvalue weighted by molar-refractivity contribution is -0.137. The summed E-state index contributed by atoms with van der Waals surface area (Å²) in [6.07, 6.45) is 1.15. The molecule has 4 nitrogen and oxygen atoms in total. The molecular weight excluding hydrogens is 280 g/mol. The molecule has 0 unspecified atom stereocenters. The molecule has 2 rings (SSSR count). The topological polar surface area (TPSA) is 63.6 Å². The third-order valence-corrected chi connectivity index (χ3v) is 3.00. The van der Waals surface area contributed by atoms with Gasteiger partial charge in [-0.25, -0.2) is 4.79 Å². The van der Waals surface area contributed by atoms with Crippen LogP contribution in [0, 0.1) is 0 Å². The first-order chi connectivity index (χ1) is 10.7. The first-order valence-electron chi connectivity index (χ1n) is 6.85. The summed E-state index contributed by atoms with van der Waals surface area (Å²) in [5.41, 5.74) is 1.78. The van der Waals surface area contributed by atoms with Crippen LogP contribution < -0.4 is 0 Å². The van der Waals surface area contributed by atoms with Gasteiger partial charge in [-0.05, 0) is 11.1 Å². The summed E-state index contributed by atoms with van der Waals surface area (Å²) in [4.78, 5) is 23.0. The molecule has 0 fully saturated rings. The van der Waals surface area contributed by atoms with Crippen LogP contribution in [-0.2, 0) is 20.9 Å². The van der Waals surface area contributed by atoms with E-state index in [2.05, 4.69) is 0 Å². The molecule has 0 aliphatic carbocycles. The number of rotatable bonds is 6. The molecule has 4 heteroatoms. The Kier molecular flexibility index (Phi) is 5.49. The van der Waals surface area contributed by atoms with E-state index >= 15 is 0 Å². The van der Waals surface area contributed by atoms with E-state index in [-0.39, 0.29) is 18.6 Å². The zero-order chi connectivity index (χ0) is 15.8. The van der Waals surface area contributed by atoms with Crippen LogP contribution in [0.25, 0.3) is 5.57 Å². The number of carboxylic acid groups (broad SMARTS) is 1. The molecule has 0 atom stereocenters. The number of benzene rings is 2. The molecule has 0 aromatic heterocycles. The first kappa shape index (κ1) is 15.5. The van der Waals surface area contributed by atoms with Crippen molar-refractivity contribution in [1.82, 2.24) is 0 Å². The average molecular weight is 296 g/mol. The third kappa shape index (κ3) is 4.59. The van der Waals surface area contributed by atoms with Crippen molar-refractivity contribution in [1.29, 1.82) is 0 Å². The molecule has 0 aliphatic heterocycles. The number of hydrogen-bond donors (Lipinski definition) is 1. The maximum Gasteiger partial charge on any atom is 0.338 e. The Labute approximate surface area is 128 Å². The van der Waals surface area contributed by atoms with Crippen molar-refractivity contribution in [3.63, 3.8) is 0 Å². The summed E-state index contributed by atoms with van der Waals surface area (Å²) in [6, 6.07) is 18.2. The highest BCUT2D eigenvalue weighted by molar-refractivity contribution is 6.16. The molecular formula is C18H16O4. The van der Waals surface area contributed by atoms with Crippen LogP contribution in [-0.4, -0.2) is 17.0 Å². The summed E-state index contributed by atoms with van der Waals surface area (Å²) in [6.45, 7) is 0.150. The molecule has 0 amide bonds.